The molecule has 4 rings (SSSR count). The molecule has 0 saturated heterocycles. The largest absolute Gasteiger partial charge is 0.478 e. The van der Waals surface area contributed by atoms with E-state index in [2.05, 4.69) is 0 Å². The zero-order chi connectivity index (χ0) is 19.0. The fraction of sp³-hybridized carbons (Fsp3) is 0. The number of benzene rings is 4. The van der Waals surface area contributed by atoms with Crippen molar-refractivity contribution in [2.24, 2.45) is 0 Å². The fourth-order valence-corrected chi connectivity index (χ4v) is 2.98. The molecule has 0 bridgehead atoms. The van der Waals surface area contributed by atoms with Gasteiger partial charge in [0.05, 0.1) is 11.1 Å². The maximum Gasteiger partial charge on any atom is 0.335 e. The molecule has 0 spiro atoms. The van der Waals surface area contributed by atoms with Gasteiger partial charge in [0.15, 0.2) is 0 Å². The summed E-state index contributed by atoms with van der Waals surface area (Å²) in [5.74, 6) is -0.823. The zero-order valence-electron chi connectivity index (χ0n) is 14.0. The van der Waals surface area contributed by atoms with Gasteiger partial charge in [-0.25, -0.2) is 9.59 Å². The van der Waals surface area contributed by atoms with E-state index in [1.807, 2.05) is 12.1 Å². The number of carboxylic acids is 2. The van der Waals surface area contributed by atoms with Crippen molar-refractivity contribution in [1.82, 2.24) is 0 Å². The topological polar surface area (TPSA) is 83.8 Å². The molecule has 5 heteroatoms. The molecule has 0 atom stereocenters. The fourth-order valence-electron chi connectivity index (χ4n) is 2.98. The molecule has 0 aliphatic rings. The van der Waals surface area contributed by atoms with Crippen LogP contribution in [-0.4, -0.2) is 22.2 Å². The Hall–Kier alpha value is -3.86. The summed E-state index contributed by atoms with van der Waals surface area (Å²) < 4.78 is 5.90. The molecule has 4 aromatic rings. The van der Waals surface area contributed by atoms with Gasteiger partial charge in [0.25, 0.3) is 0 Å². The minimum Gasteiger partial charge on any atom is -0.478 e. The molecule has 0 aromatic heterocycles. The van der Waals surface area contributed by atoms with Crippen molar-refractivity contribution in [2.75, 3.05) is 0 Å². The molecule has 0 saturated carbocycles. The monoisotopic (exact) mass is 358 g/mol. The van der Waals surface area contributed by atoms with Gasteiger partial charge < -0.3 is 14.9 Å². The Labute approximate surface area is 154 Å². The first-order valence-electron chi connectivity index (χ1n) is 8.22. The Balaban J connectivity index is 1.70. The van der Waals surface area contributed by atoms with Crippen molar-refractivity contribution in [3.8, 4) is 11.5 Å². The van der Waals surface area contributed by atoms with E-state index in [1.54, 1.807) is 60.7 Å². The van der Waals surface area contributed by atoms with Crippen molar-refractivity contribution in [1.29, 1.82) is 0 Å². The van der Waals surface area contributed by atoms with Crippen molar-refractivity contribution in [3.63, 3.8) is 0 Å². The summed E-state index contributed by atoms with van der Waals surface area (Å²) in [5.41, 5.74) is 0.429. The standard InChI is InChI=1S/C22H14O5/c23-21(24)15-3-1-13-5-7-19(11-17(13)9-15)27-20-8-6-14-2-4-16(22(25)26)10-18(14)12-20/h1-12H,(H,23,24)(H,25,26). The molecule has 27 heavy (non-hydrogen) atoms. The molecule has 0 fully saturated rings. The lowest BCUT2D eigenvalue weighted by Gasteiger charge is -2.09. The van der Waals surface area contributed by atoms with E-state index in [0.717, 1.165) is 21.5 Å². The number of rotatable bonds is 4. The van der Waals surface area contributed by atoms with Crippen LogP contribution < -0.4 is 4.74 Å². The lowest BCUT2D eigenvalue weighted by atomic mass is 10.1. The van der Waals surface area contributed by atoms with E-state index in [0.29, 0.717) is 11.5 Å². The Morgan fingerprint density at radius 3 is 1.37 bits per heavy atom. The highest BCUT2D eigenvalue weighted by Gasteiger charge is 2.07. The number of hydrogen-bond acceptors (Lipinski definition) is 3. The summed E-state index contributed by atoms with van der Waals surface area (Å²) in [6, 6.07) is 20.7. The quantitative estimate of drug-likeness (QED) is 0.525. The molecule has 2 N–H and O–H groups in total. The predicted molar refractivity (Wildman–Crippen MR) is 102 cm³/mol. The molecule has 0 radical (unpaired) electrons. The molecular formula is C22H14O5. The van der Waals surface area contributed by atoms with Crippen LogP contribution in [0.3, 0.4) is 0 Å². The number of fused-ring (bicyclic) bond motifs is 2. The van der Waals surface area contributed by atoms with Gasteiger partial charge in [0.1, 0.15) is 11.5 Å². The average molecular weight is 358 g/mol. The van der Waals surface area contributed by atoms with Gasteiger partial charge in [-0.2, -0.15) is 0 Å². The smallest absolute Gasteiger partial charge is 0.335 e. The second-order valence-corrected chi connectivity index (χ2v) is 6.16. The lowest BCUT2D eigenvalue weighted by Crippen LogP contribution is -1.95. The number of aromatic carboxylic acids is 2. The normalized spacial score (nSPS) is 10.8. The average Bonchev–Trinajstić information content (AvgIpc) is 2.66. The zero-order valence-corrected chi connectivity index (χ0v) is 14.0. The van der Waals surface area contributed by atoms with E-state index in [-0.39, 0.29) is 11.1 Å². The van der Waals surface area contributed by atoms with Crippen LogP contribution in [0, 0.1) is 0 Å². The van der Waals surface area contributed by atoms with Crippen LogP contribution in [0.5, 0.6) is 11.5 Å². The van der Waals surface area contributed by atoms with Gasteiger partial charge in [-0.15, -0.1) is 0 Å². The van der Waals surface area contributed by atoms with Gasteiger partial charge in [-0.1, -0.05) is 24.3 Å². The van der Waals surface area contributed by atoms with Gasteiger partial charge in [0, 0.05) is 0 Å². The first kappa shape index (κ1) is 16.6. The van der Waals surface area contributed by atoms with Gasteiger partial charge in [-0.3, -0.25) is 0 Å². The minimum absolute atomic E-state index is 0.214. The van der Waals surface area contributed by atoms with Crippen LogP contribution >= 0.6 is 0 Å². The second-order valence-electron chi connectivity index (χ2n) is 6.16. The van der Waals surface area contributed by atoms with Crippen LogP contribution in [0.2, 0.25) is 0 Å². The SMILES string of the molecule is O=C(O)c1ccc2ccc(Oc3ccc4ccc(C(=O)O)cc4c3)cc2c1. The van der Waals surface area contributed by atoms with Gasteiger partial charge >= 0.3 is 11.9 Å². The van der Waals surface area contributed by atoms with Crippen LogP contribution in [-0.2, 0) is 0 Å². The summed E-state index contributed by atoms with van der Waals surface area (Å²) >= 11 is 0. The minimum atomic E-state index is -0.980. The number of hydrogen-bond donors (Lipinski definition) is 2. The van der Waals surface area contributed by atoms with Crippen molar-refractivity contribution >= 4 is 33.5 Å². The highest BCUT2D eigenvalue weighted by Crippen LogP contribution is 2.29. The molecule has 0 aliphatic heterocycles. The van der Waals surface area contributed by atoms with Gasteiger partial charge in [0.2, 0.25) is 0 Å². The molecule has 5 nitrogen and oxygen atoms in total. The van der Waals surface area contributed by atoms with Crippen LogP contribution in [0.4, 0.5) is 0 Å². The van der Waals surface area contributed by atoms with Crippen molar-refractivity contribution < 1.29 is 24.5 Å². The molecular weight excluding hydrogens is 344 g/mol. The molecule has 4 aromatic carbocycles. The van der Waals surface area contributed by atoms with E-state index in [1.165, 1.54) is 0 Å². The van der Waals surface area contributed by atoms with Crippen molar-refractivity contribution in [2.45, 2.75) is 0 Å². The molecule has 0 heterocycles. The Kier molecular flexibility index (Phi) is 3.97. The third-order valence-corrected chi connectivity index (χ3v) is 4.35. The number of carboxylic acid groups (broad SMARTS) is 2. The second kappa shape index (κ2) is 6.46. The van der Waals surface area contributed by atoms with E-state index < -0.39 is 11.9 Å². The number of carbonyl (C=O) groups is 2. The maximum atomic E-state index is 11.1. The third kappa shape index (κ3) is 3.30. The van der Waals surface area contributed by atoms with Crippen LogP contribution in [0.1, 0.15) is 20.7 Å². The van der Waals surface area contributed by atoms with Crippen LogP contribution in [0.15, 0.2) is 72.8 Å². The molecule has 0 aliphatic carbocycles. The summed E-state index contributed by atoms with van der Waals surface area (Å²) in [6.07, 6.45) is 0. The Morgan fingerprint density at radius 1 is 0.556 bits per heavy atom. The van der Waals surface area contributed by atoms with E-state index >= 15 is 0 Å². The van der Waals surface area contributed by atoms with E-state index in [9.17, 15) is 9.59 Å². The summed E-state index contributed by atoms with van der Waals surface area (Å²) in [4.78, 5) is 22.3. The summed E-state index contributed by atoms with van der Waals surface area (Å²) in [6.45, 7) is 0. The Bertz CT molecular complexity index is 1110. The summed E-state index contributed by atoms with van der Waals surface area (Å²) in [7, 11) is 0. The first-order valence-corrected chi connectivity index (χ1v) is 8.22. The maximum absolute atomic E-state index is 11.1. The third-order valence-electron chi connectivity index (χ3n) is 4.35. The van der Waals surface area contributed by atoms with Gasteiger partial charge in [-0.05, 0) is 70.1 Å². The summed E-state index contributed by atoms with van der Waals surface area (Å²) in [5, 5.41) is 21.6. The van der Waals surface area contributed by atoms with Crippen LogP contribution in [0.25, 0.3) is 21.5 Å². The highest BCUT2D eigenvalue weighted by molar-refractivity contribution is 5.95. The van der Waals surface area contributed by atoms with E-state index in [4.69, 9.17) is 14.9 Å². The number of ether oxygens (including phenoxy) is 1. The van der Waals surface area contributed by atoms with Crippen molar-refractivity contribution in [3.05, 3.63) is 83.9 Å². The first-order chi connectivity index (χ1) is 13.0. The molecule has 0 unspecified atom stereocenters. The lowest BCUT2D eigenvalue weighted by molar-refractivity contribution is 0.0686. The Morgan fingerprint density at radius 2 is 0.963 bits per heavy atom. The molecule has 132 valence electrons. The molecule has 0 amide bonds. The highest BCUT2D eigenvalue weighted by atomic mass is 16.5. The predicted octanol–water partition coefficient (Wildman–Crippen LogP) is 5.18.